The third-order valence-corrected chi connectivity index (χ3v) is 4.81. The Kier molecular flexibility index (Phi) is 3.75. The van der Waals surface area contributed by atoms with Crippen LogP contribution in [0.1, 0.15) is 25.3 Å². The van der Waals surface area contributed by atoms with Crippen LogP contribution >= 0.6 is 0 Å². The van der Waals surface area contributed by atoms with Gasteiger partial charge in [-0.25, -0.2) is 0 Å². The highest BCUT2D eigenvalue weighted by molar-refractivity contribution is 5.78. The minimum absolute atomic E-state index is 0.359. The van der Waals surface area contributed by atoms with Crippen LogP contribution in [0, 0.1) is 5.41 Å². The van der Waals surface area contributed by atoms with Gasteiger partial charge in [-0.05, 0) is 31.7 Å². The first-order valence-electron chi connectivity index (χ1n) is 7.51. The molecule has 0 N–H and O–H groups in total. The molecule has 2 aliphatic rings. The lowest BCUT2D eigenvalue weighted by Crippen LogP contribution is -2.60. The van der Waals surface area contributed by atoms with E-state index in [2.05, 4.69) is 0 Å². The number of esters is 1. The highest BCUT2D eigenvalue weighted by Gasteiger charge is 2.69. The minimum Gasteiger partial charge on any atom is -0.468 e. The molecule has 5 nitrogen and oxygen atoms in total. The van der Waals surface area contributed by atoms with Crippen molar-refractivity contribution >= 4 is 5.97 Å². The van der Waals surface area contributed by atoms with Gasteiger partial charge in [0, 0.05) is 7.11 Å². The van der Waals surface area contributed by atoms with Crippen LogP contribution in [-0.2, 0) is 30.2 Å². The van der Waals surface area contributed by atoms with Crippen molar-refractivity contribution in [2.75, 3.05) is 20.8 Å². The summed E-state index contributed by atoms with van der Waals surface area (Å²) < 4.78 is 22.7. The Morgan fingerprint density at radius 3 is 2.59 bits per heavy atom. The molecule has 2 heterocycles. The SMILES string of the molecule is COC(=O)[C@]1(Cc2ccccc2)CC[C@]2(C)CO[C@@]1(OC)O2. The van der Waals surface area contributed by atoms with Crippen molar-refractivity contribution in [2.45, 2.75) is 37.8 Å². The van der Waals surface area contributed by atoms with Gasteiger partial charge in [-0.3, -0.25) is 4.79 Å². The Hall–Kier alpha value is -1.43. The summed E-state index contributed by atoms with van der Waals surface area (Å²) in [7, 11) is 2.90. The minimum atomic E-state index is -1.39. The second-order valence-corrected chi connectivity index (χ2v) is 6.34. The highest BCUT2D eigenvalue weighted by Crippen LogP contribution is 2.55. The molecule has 0 radical (unpaired) electrons. The van der Waals surface area contributed by atoms with E-state index >= 15 is 0 Å². The van der Waals surface area contributed by atoms with Crippen LogP contribution in [0.5, 0.6) is 0 Å². The average Bonchev–Trinajstić information content (AvgIpc) is 2.85. The fourth-order valence-electron chi connectivity index (χ4n) is 3.55. The number of rotatable bonds is 4. The van der Waals surface area contributed by atoms with Crippen LogP contribution in [-0.4, -0.2) is 38.4 Å². The number of methoxy groups -OCH3 is 2. The molecule has 3 rings (SSSR count). The molecule has 3 atom stereocenters. The second kappa shape index (κ2) is 5.33. The fourth-order valence-corrected chi connectivity index (χ4v) is 3.55. The number of carbonyl (C=O) groups is 1. The molecule has 0 spiro atoms. The molecule has 0 amide bonds. The van der Waals surface area contributed by atoms with Gasteiger partial charge >= 0.3 is 11.9 Å². The summed E-state index contributed by atoms with van der Waals surface area (Å²) in [5.74, 6) is -1.75. The van der Waals surface area contributed by atoms with Crippen molar-refractivity contribution in [3.05, 3.63) is 35.9 Å². The molecule has 1 aromatic rings. The first-order valence-corrected chi connectivity index (χ1v) is 7.51. The zero-order valence-electron chi connectivity index (χ0n) is 13.3. The van der Waals surface area contributed by atoms with Crippen molar-refractivity contribution in [3.8, 4) is 0 Å². The zero-order valence-corrected chi connectivity index (χ0v) is 13.3. The Bertz CT molecular complexity index is 559. The van der Waals surface area contributed by atoms with E-state index in [1.165, 1.54) is 14.2 Å². The van der Waals surface area contributed by atoms with Gasteiger partial charge in [-0.2, -0.15) is 0 Å². The van der Waals surface area contributed by atoms with Gasteiger partial charge in [0.05, 0.1) is 19.3 Å². The maximum Gasteiger partial charge on any atom is 0.320 e. The van der Waals surface area contributed by atoms with Crippen molar-refractivity contribution in [2.24, 2.45) is 5.41 Å². The van der Waals surface area contributed by atoms with Crippen LogP contribution in [0.2, 0.25) is 0 Å². The van der Waals surface area contributed by atoms with Crippen molar-refractivity contribution in [3.63, 3.8) is 0 Å². The summed E-state index contributed by atoms with van der Waals surface area (Å²) in [6, 6.07) is 9.81. The number of carbonyl (C=O) groups excluding carboxylic acids is 1. The van der Waals surface area contributed by atoms with Gasteiger partial charge in [0.15, 0.2) is 5.41 Å². The van der Waals surface area contributed by atoms with Crippen molar-refractivity contribution in [1.82, 2.24) is 0 Å². The Labute approximate surface area is 130 Å². The number of hydrogen-bond donors (Lipinski definition) is 0. The third-order valence-electron chi connectivity index (χ3n) is 4.81. The van der Waals surface area contributed by atoms with E-state index in [0.29, 0.717) is 19.4 Å². The highest BCUT2D eigenvalue weighted by atomic mass is 16.9. The van der Waals surface area contributed by atoms with Crippen LogP contribution in [0.3, 0.4) is 0 Å². The Morgan fingerprint density at radius 1 is 1.23 bits per heavy atom. The van der Waals surface area contributed by atoms with E-state index in [-0.39, 0.29) is 5.97 Å². The van der Waals surface area contributed by atoms with E-state index in [4.69, 9.17) is 18.9 Å². The Morgan fingerprint density at radius 2 is 1.95 bits per heavy atom. The molecule has 2 bridgehead atoms. The molecule has 0 unspecified atom stereocenters. The molecular formula is C17H22O5. The van der Waals surface area contributed by atoms with Gasteiger partial charge in [0.2, 0.25) is 0 Å². The van der Waals surface area contributed by atoms with Crippen LogP contribution in [0.4, 0.5) is 0 Å². The first kappa shape index (κ1) is 15.5. The van der Waals surface area contributed by atoms with Crippen molar-refractivity contribution < 1.29 is 23.7 Å². The van der Waals surface area contributed by atoms with E-state index in [1.807, 2.05) is 37.3 Å². The quantitative estimate of drug-likeness (QED) is 0.799. The van der Waals surface area contributed by atoms with Gasteiger partial charge in [0.1, 0.15) is 0 Å². The maximum absolute atomic E-state index is 12.7. The van der Waals surface area contributed by atoms with E-state index < -0.39 is 17.0 Å². The summed E-state index contributed by atoms with van der Waals surface area (Å²) in [5.41, 5.74) is -0.398. The second-order valence-electron chi connectivity index (χ2n) is 6.34. The van der Waals surface area contributed by atoms with Crippen LogP contribution in [0.15, 0.2) is 30.3 Å². The zero-order chi connectivity index (χ0) is 15.8. The molecule has 0 aliphatic carbocycles. The number of benzene rings is 1. The van der Waals surface area contributed by atoms with Crippen LogP contribution < -0.4 is 0 Å². The molecule has 0 aromatic heterocycles. The number of hydrogen-bond acceptors (Lipinski definition) is 5. The standard InChI is InChI=1S/C17H22O5/c1-15-9-10-16(14(18)19-2,11-13-7-5-4-6-8-13)17(20-3,22-15)21-12-15/h4-8H,9-12H2,1-3H3/t15-,16-,17-/m1/s1. The maximum atomic E-state index is 12.7. The molecule has 2 fully saturated rings. The lowest BCUT2D eigenvalue weighted by Gasteiger charge is -2.47. The molecule has 5 heteroatoms. The monoisotopic (exact) mass is 306 g/mol. The smallest absolute Gasteiger partial charge is 0.320 e. The molecule has 0 saturated carbocycles. The van der Waals surface area contributed by atoms with Gasteiger partial charge in [0.25, 0.3) is 0 Å². The topological polar surface area (TPSA) is 54.0 Å². The van der Waals surface area contributed by atoms with Crippen molar-refractivity contribution in [1.29, 1.82) is 0 Å². The first-order chi connectivity index (χ1) is 10.5. The Balaban J connectivity index is 2.04. The molecule has 120 valence electrons. The van der Waals surface area contributed by atoms with Crippen LogP contribution in [0.25, 0.3) is 0 Å². The van der Waals surface area contributed by atoms with E-state index in [0.717, 1.165) is 12.0 Å². The predicted octanol–water partition coefficient (Wildman–Crippen LogP) is 2.29. The lowest BCUT2D eigenvalue weighted by molar-refractivity contribution is -0.398. The normalized spacial score (nSPS) is 37.0. The summed E-state index contributed by atoms with van der Waals surface area (Å²) in [6.45, 7) is 2.39. The summed E-state index contributed by atoms with van der Waals surface area (Å²) in [4.78, 5) is 12.7. The molecular weight excluding hydrogens is 284 g/mol. The molecule has 2 aliphatic heterocycles. The lowest BCUT2D eigenvalue weighted by atomic mass is 9.72. The van der Waals surface area contributed by atoms with E-state index in [1.54, 1.807) is 0 Å². The molecule has 22 heavy (non-hydrogen) atoms. The molecule has 1 aromatic carbocycles. The summed E-state index contributed by atoms with van der Waals surface area (Å²) >= 11 is 0. The number of fused-ring (bicyclic) bond motifs is 2. The van der Waals surface area contributed by atoms with E-state index in [9.17, 15) is 4.79 Å². The fraction of sp³-hybridized carbons (Fsp3) is 0.588. The van der Waals surface area contributed by atoms with Gasteiger partial charge < -0.3 is 18.9 Å². The summed E-state index contributed by atoms with van der Waals surface area (Å²) in [5, 5.41) is 0. The number of ether oxygens (including phenoxy) is 4. The average molecular weight is 306 g/mol. The summed E-state index contributed by atoms with van der Waals surface area (Å²) in [6.07, 6.45) is 1.77. The van der Waals surface area contributed by atoms with Gasteiger partial charge in [-0.1, -0.05) is 30.3 Å². The largest absolute Gasteiger partial charge is 0.468 e. The molecule has 2 saturated heterocycles. The third kappa shape index (κ3) is 2.16. The predicted molar refractivity (Wildman–Crippen MR) is 79.0 cm³/mol. The van der Waals surface area contributed by atoms with Gasteiger partial charge in [-0.15, -0.1) is 0 Å².